The number of likely N-dealkylation sites (tertiary alicyclic amines) is 1. The van der Waals surface area contributed by atoms with Gasteiger partial charge in [-0.25, -0.2) is 0 Å². The lowest BCUT2D eigenvalue weighted by Crippen LogP contribution is -2.39. The van der Waals surface area contributed by atoms with E-state index in [0.29, 0.717) is 18.8 Å². The van der Waals surface area contributed by atoms with Crippen LogP contribution >= 0.6 is 0 Å². The molecular formula is C19H24N8O. The molecule has 0 unspecified atom stereocenters. The number of carbonyl (C=O) groups is 1. The lowest BCUT2D eigenvalue weighted by molar-refractivity contribution is 0.0704. The Balaban J connectivity index is 1.32. The molecular weight excluding hydrogens is 356 g/mol. The molecule has 3 aromatic rings. The number of aryl methyl sites for hydroxylation is 2. The van der Waals surface area contributed by atoms with Crippen molar-refractivity contribution >= 4 is 17.4 Å². The lowest BCUT2D eigenvalue weighted by Gasteiger charge is -2.32. The Kier molecular flexibility index (Phi) is 4.03. The molecule has 146 valence electrons. The van der Waals surface area contributed by atoms with Crippen LogP contribution in [0.3, 0.4) is 0 Å². The Labute approximate surface area is 162 Å². The summed E-state index contributed by atoms with van der Waals surface area (Å²) < 4.78 is 3.63. The molecule has 0 bridgehead atoms. The van der Waals surface area contributed by atoms with Crippen LogP contribution in [0, 0.1) is 6.92 Å². The van der Waals surface area contributed by atoms with Crippen molar-refractivity contribution in [2.45, 2.75) is 32.1 Å². The van der Waals surface area contributed by atoms with Crippen LogP contribution in [0.2, 0.25) is 0 Å². The largest absolute Gasteiger partial charge is 0.355 e. The van der Waals surface area contributed by atoms with Gasteiger partial charge in [0.05, 0.1) is 0 Å². The summed E-state index contributed by atoms with van der Waals surface area (Å²) >= 11 is 0. The van der Waals surface area contributed by atoms with Gasteiger partial charge in [-0.3, -0.25) is 9.48 Å². The Bertz CT molecular complexity index is 1010. The summed E-state index contributed by atoms with van der Waals surface area (Å²) in [4.78, 5) is 16.9. The number of nitrogens with zero attached hydrogens (tertiary/aromatic N) is 8. The third kappa shape index (κ3) is 2.81. The van der Waals surface area contributed by atoms with E-state index in [1.54, 1.807) is 4.68 Å². The van der Waals surface area contributed by atoms with E-state index in [2.05, 4.69) is 20.2 Å². The second-order valence-electron chi connectivity index (χ2n) is 7.72. The van der Waals surface area contributed by atoms with Gasteiger partial charge in [0.25, 0.3) is 5.91 Å². The molecule has 2 fully saturated rings. The van der Waals surface area contributed by atoms with Gasteiger partial charge in [0, 0.05) is 44.8 Å². The number of aromatic nitrogens is 6. The highest BCUT2D eigenvalue weighted by molar-refractivity contribution is 5.92. The van der Waals surface area contributed by atoms with Gasteiger partial charge in [-0.2, -0.15) is 9.61 Å². The lowest BCUT2D eigenvalue weighted by atomic mass is 9.96. The number of amides is 1. The number of rotatable bonds is 3. The van der Waals surface area contributed by atoms with Crippen LogP contribution in [0.5, 0.6) is 0 Å². The standard InChI is InChI=1S/C19H24N8O/c1-13-12-15(22-24(13)2)19(28)26-10-6-14(7-11-26)18-21-20-16-4-5-17(23-27(16)18)25-8-3-9-25/h4-5,12,14H,3,6-11H2,1-2H3. The Morgan fingerprint density at radius 1 is 1.07 bits per heavy atom. The predicted octanol–water partition coefficient (Wildman–Crippen LogP) is 1.40. The number of hydrogen-bond acceptors (Lipinski definition) is 6. The van der Waals surface area contributed by atoms with Gasteiger partial charge in [-0.05, 0) is 44.4 Å². The highest BCUT2D eigenvalue weighted by atomic mass is 16.2. The fourth-order valence-electron chi connectivity index (χ4n) is 3.93. The summed E-state index contributed by atoms with van der Waals surface area (Å²) in [5, 5.41) is 17.8. The Hall–Kier alpha value is -2.97. The predicted molar refractivity (Wildman–Crippen MR) is 103 cm³/mol. The number of piperidine rings is 1. The van der Waals surface area contributed by atoms with Crippen molar-refractivity contribution < 1.29 is 4.79 Å². The molecule has 28 heavy (non-hydrogen) atoms. The average Bonchev–Trinajstić information content (AvgIpc) is 3.23. The first-order chi connectivity index (χ1) is 13.6. The van der Waals surface area contributed by atoms with Crippen molar-refractivity contribution in [1.29, 1.82) is 0 Å². The SMILES string of the molecule is Cc1cc(C(=O)N2CCC(c3nnc4ccc(N5CCC5)nn34)CC2)nn1C. The normalized spacial score (nSPS) is 17.9. The van der Waals surface area contributed by atoms with Crippen LogP contribution in [0.15, 0.2) is 18.2 Å². The summed E-state index contributed by atoms with van der Waals surface area (Å²) in [6, 6.07) is 5.85. The molecule has 0 spiro atoms. The number of anilines is 1. The minimum absolute atomic E-state index is 0.00597. The number of fused-ring (bicyclic) bond motifs is 1. The number of carbonyl (C=O) groups excluding carboxylic acids is 1. The van der Waals surface area contributed by atoms with E-state index in [-0.39, 0.29) is 11.8 Å². The van der Waals surface area contributed by atoms with Gasteiger partial charge in [0.2, 0.25) is 0 Å². The highest BCUT2D eigenvalue weighted by Gasteiger charge is 2.29. The van der Waals surface area contributed by atoms with E-state index < -0.39 is 0 Å². The minimum Gasteiger partial charge on any atom is -0.355 e. The molecule has 0 atom stereocenters. The quantitative estimate of drug-likeness (QED) is 0.683. The van der Waals surface area contributed by atoms with Crippen LogP contribution in [0.25, 0.3) is 5.65 Å². The highest BCUT2D eigenvalue weighted by Crippen LogP contribution is 2.28. The van der Waals surface area contributed by atoms with Gasteiger partial charge in [-0.15, -0.1) is 15.3 Å². The molecule has 0 radical (unpaired) electrons. The second kappa shape index (κ2) is 6.57. The van der Waals surface area contributed by atoms with Crippen molar-refractivity contribution in [3.05, 3.63) is 35.4 Å². The summed E-state index contributed by atoms with van der Waals surface area (Å²) in [5.74, 6) is 2.14. The molecule has 0 aliphatic carbocycles. The topological polar surface area (TPSA) is 84.5 Å². The van der Waals surface area contributed by atoms with E-state index >= 15 is 0 Å². The van der Waals surface area contributed by atoms with E-state index in [9.17, 15) is 4.79 Å². The third-order valence-electron chi connectivity index (χ3n) is 5.93. The maximum atomic E-state index is 12.7. The molecule has 9 nitrogen and oxygen atoms in total. The van der Waals surface area contributed by atoms with Crippen LogP contribution in [0.4, 0.5) is 5.82 Å². The smallest absolute Gasteiger partial charge is 0.274 e. The molecule has 3 aromatic heterocycles. The monoisotopic (exact) mass is 380 g/mol. The maximum absolute atomic E-state index is 12.7. The first kappa shape index (κ1) is 17.2. The van der Waals surface area contributed by atoms with E-state index in [0.717, 1.165) is 48.9 Å². The van der Waals surface area contributed by atoms with E-state index in [1.807, 2.05) is 41.6 Å². The van der Waals surface area contributed by atoms with Crippen molar-refractivity contribution in [2.24, 2.45) is 7.05 Å². The van der Waals surface area contributed by atoms with Crippen molar-refractivity contribution in [3.8, 4) is 0 Å². The molecule has 5 rings (SSSR count). The zero-order valence-corrected chi connectivity index (χ0v) is 16.2. The van der Waals surface area contributed by atoms with Crippen LogP contribution in [-0.2, 0) is 7.05 Å². The molecule has 0 aromatic carbocycles. The maximum Gasteiger partial charge on any atom is 0.274 e. The third-order valence-corrected chi connectivity index (χ3v) is 5.93. The van der Waals surface area contributed by atoms with Crippen LogP contribution in [-0.4, -0.2) is 66.6 Å². The van der Waals surface area contributed by atoms with Gasteiger partial charge >= 0.3 is 0 Å². The van der Waals surface area contributed by atoms with Gasteiger partial charge in [-0.1, -0.05) is 0 Å². The van der Waals surface area contributed by atoms with Crippen LogP contribution in [0.1, 0.15) is 47.2 Å². The second-order valence-corrected chi connectivity index (χ2v) is 7.72. The molecule has 0 saturated carbocycles. The molecule has 2 saturated heterocycles. The van der Waals surface area contributed by atoms with Crippen molar-refractivity contribution in [2.75, 3.05) is 31.1 Å². The van der Waals surface area contributed by atoms with Gasteiger partial charge in [0.15, 0.2) is 17.2 Å². The zero-order valence-electron chi connectivity index (χ0n) is 16.2. The fourth-order valence-corrected chi connectivity index (χ4v) is 3.93. The summed E-state index contributed by atoms with van der Waals surface area (Å²) in [6.45, 7) is 5.46. The molecule has 2 aliphatic heterocycles. The summed E-state index contributed by atoms with van der Waals surface area (Å²) in [5.41, 5.74) is 2.28. The molecule has 1 amide bonds. The van der Waals surface area contributed by atoms with Gasteiger partial charge in [0.1, 0.15) is 5.82 Å². The molecule has 2 aliphatic rings. The average molecular weight is 380 g/mol. The van der Waals surface area contributed by atoms with E-state index in [1.165, 1.54) is 6.42 Å². The first-order valence-electron chi connectivity index (χ1n) is 9.87. The minimum atomic E-state index is 0.00597. The summed E-state index contributed by atoms with van der Waals surface area (Å²) in [7, 11) is 1.86. The Morgan fingerprint density at radius 3 is 2.50 bits per heavy atom. The zero-order chi connectivity index (χ0) is 19.3. The molecule has 0 N–H and O–H groups in total. The summed E-state index contributed by atoms with van der Waals surface area (Å²) in [6.07, 6.45) is 2.93. The number of hydrogen-bond donors (Lipinski definition) is 0. The van der Waals surface area contributed by atoms with E-state index in [4.69, 9.17) is 5.10 Å². The van der Waals surface area contributed by atoms with Crippen LogP contribution < -0.4 is 4.90 Å². The van der Waals surface area contributed by atoms with Crippen molar-refractivity contribution in [3.63, 3.8) is 0 Å². The Morgan fingerprint density at radius 2 is 1.86 bits per heavy atom. The molecule has 9 heteroatoms. The first-order valence-corrected chi connectivity index (χ1v) is 9.87. The van der Waals surface area contributed by atoms with Crippen molar-refractivity contribution in [1.82, 2.24) is 34.5 Å². The molecule has 5 heterocycles. The fraction of sp³-hybridized carbons (Fsp3) is 0.526. The van der Waals surface area contributed by atoms with Gasteiger partial charge < -0.3 is 9.80 Å².